The van der Waals surface area contributed by atoms with Crippen LogP contribution < -0.4 is 15.1 Å². The van der Waals surface area contributed by atoms with Gasteiger partial charge in [0, 0.05) is 11.6 Å². The minimum atomic E-state index is -0.590. The summed E-state index contributed by atoms with van der Waals surface area (Å²) in [7, 11) is 0. The molecule has 2 aliphatic rings. The molecule has 4 rings (SSSR count). The lowest BCUT2D eigenvalue weighted by Gasteiger charge is -2.16. The molecule has 11 heteroatoms. The molecule has 1 aromatic carbocycles. The molecule has 1 fully saturated rings. The topological polar surface area (TPSA) is 106 Å². The molecule has 0 saturated carbocycles. The van der Waals surface area contributed by atoms with E-state index in [0.29, 0.717) is 10.7 Å². The van der Waals surface area contributed by atoms with E-state index in [2.05, 4.69) is 20.2 Å². The summed E-state index contributed by atoms with van der Waals surface area (Å²) in [6.45, 7) is 0.309. The smallest absolute Gasteiger partial charge is 0.414 e. The summed E-state index contributed by atoms with van der Waals surface area (Å²) in [4.78, 5) is 24.6. The third-order valence-corrected chi connectivity index (χ3v) is 4.81. The number of ether oxygens (including phenoxy) is 2. The minimum absolute atomic E-state index is 0.0997. The van der Waals surface area contributed by atoms with Gasteiger partial charge in [-0.25, -0.2) is 14.6 Å². The minimum Gasteiger partial charge on any atom is -0.471 e. The van der Waals surface area contributed by atoms with Crippen molar-refractivity contribution >= 4 is 34.5 Å². The van der Waals surface area contributed by atoms with Gasteiger partial charge in [0.2, 0.25) is 0 Å². The van der Waals surface area contributed by atoms with E-state index in [1.807, 2.05) is 0 Å². The van der Waals surface area contributed by atoms with Gasteiger partial charge in [0.1, 0.15) is 23.7 Å². The molecule has 3 heterocycles. The van der Waals surface area contributed by atoms with Gasteiger partial charge in [-0.3, -0.25) is 9.69 Å². The second kappa shape index (κ2) is 7.27. The lowest BCUT2D eigenvalue weighted by Crippen LogP contribution is -2.28. The molecule has 140 valence electrons. The Bertz CT molecular complexity index is 904. The first-order valence-corrected chi connectivity index (χ1v) is 8.89. The standard InChI is InChI=1S/C16H13FN4O5S/c17-12-5-9(1-2-11(12)15-19-18-13(22)8-27-15)21-6-10(26-16(21)23)7-24-14-3-4-25-20-14/h1-5,10H,6-8H2,(H,18,22). The van der Waals surface area contributed by atoms with Crippen LogP contribution in [-0.2, 0) is 9.53 Å². The molecule has 1 unspecified atom stereocenters. The van der Waals surface area contributed by atoms with E-state index >= 15 is 0 Å². The molecule has 27 heavy (non-hydrogen) atoms. The Labute approximate surface area is 156 Å². The Morgan fingerprint density at radius 3 is 2.96 bits per heavy atom. The number of cyclic esters (lactones) is 1. The largest absolute Gasteiger partial charge is 0.471 e. The lowest BCUT2D eigenvalue weighted by molar-refractivity contribution is -0.118. The number of rotatable bonds is 5. The van der Waals surface area contributed by atoms with Crippen LogP contribution in [-0.4, -0.2) is 47.2 Å². The predicted octanol–water partition coefficient (Wildman–Crippen LogP) is 1.74. The lowest BCUT2D eigenvalue weighted by atomic mass is 10.2. The van der Waals surface area contributed by atoms with Crippen LogP contribution in [0, 0.1) is 5.82 Å². The number of benzene rings is 1. The number of hydrogen-bond donors (Lipinski definition) is 1. The fourth-order valence-corrected chi connectivity index (χ4v) is 3.33. The van der Waals surface area contributed by atoms with Crippen LogP contribution in [0.1, 0.15) is 5.56 Å². The summed E-state index contributed by atoms with van der Waals surface area (Å²) in [5, 5.41) is 7.83. The second-order valence-electron chi connectivity index (χ2n) is 5.67. The van der Waals surface area contributed by atoms with E-state index < -0.39 is 18.0 Å². The molecular weight excluding hydrogens is 379 g/mol. The summed E-state index contributed by atoms with van der Waals surface area (Å²) in [6, 6.07) is 5.88. The molecule has 2 aromatic rings. The monoisotopic (exact) mass is 392 g/mol. The summed E-state index contributed by atoms with van der Waals surface area (Å²) in [5.74, 6) is -0.326. The SMILES string of the molecule is O=C1CSC(c2ccc(N3CC(COc4ccon4)OC3=O)cc2F)=NN1. The van der Waals surface area contributed by atoms with Gasteiger partial charge in [-0.05, 0) is 23.4 Å². The molecule has 0 spiro atoms. The van der Waals surface area contributed by atoms with Crippen molar-refractivity contribution in [3.8, 4) is 5.88 Å². The maximum Gasteiger partial charge on any atom is 0.414 e. The molecule has 9 nitrogen and oxygen atoms in total. The molecule has 0 radical (unpaired) electrons. The van der Waals surface area contributed by atoms with Crippen molar-refractivity contribution in [2.75, 3.05) is 23.8 Å². The van der Waals surface area contributed by atoms with Crippen molar-refractivity contribution in [3.05, 3.63) is 41.9 Å². The number of halogens is 1. The van der Waals surface area contributed by atoms with Crippen molar-refractivity contribution in [3.63, 3.8) is 0 Å². The summed E-state index contributed by atoms with van der Waals surface area (Å²) < 4.78 is 29.8. The summed E-state index contributed by atoms with van der Waals surface area (Å²) >= 11 is 1.15. The molecule has 0 bridgehead atoms. The fourth-order valence-electron chi connectivity index (χ4n) is 2.57. The number of nitrogens with zero attached hydrogens (tertiary/aromatic N) is 3. The molecular formula is C16H13FN4O5S. The number of aromatic nitrogens is 1. The highest BCUT2D eigenvalue weighted by Gasteiger charge is 2.33. The van der Waals surface area contributed by atoms with E-state index in [0.717, 1.165) is 11.8 Å². The fraction of sp³-hybridized carbons (Fsp3) is 0.250. The van der Waals surface area contributed by atoms with Crippen LogP contribution in [0.25, 0.3) is 0 Å². The van der Waals surface area contributed by atoms with Crippen molar-refractivity contribution in [1.82, 2.24) is 10.6 Å². The van der Waals surface area contributed by atoms with Gasteiger partial charge in [-0.2, -0.15) is 5.10 Å². The molecule has 2 amide bonds. The van der Waals surface area contributed by atoms with Gasteiger partial charge in [-0.15, -0.1) is 0 Å². The summed E-state index contributed by atoms with van der Waals surface area (Å²) in [5.41, 5.74) is 2.93. The van der Waals surface area contributed by atoms with Crippen molar-refractivity contribution in [2.45, 2.75) is 6.10 Å². The highest BCUT2D eigenvalue weighted by Crippen LogP contribution is 2.27. The molecule has 1 aromatic heterocycles. The van der Waals surface area contributed by atoms with Gasteiger partial charge >= 0.3 is 6.09 Å². The highest BCUT2D eigenvalue weighted by atomic mass is 32.2. The number of hydrazone groups is 1. The Morgan fingerprint density at radius 1 is 1.37 bits per heavy atom. The number of anilines is 1. The Morgan fingerprint density at radius 2 is 2.26 bits per heavy atom. The zero-order chi connectivity index (χ0) is 18.8. The maximum absolute atomic E-state index is 14.5. The van der Waals surface area contributed by atoms with Gasteiger partial charge in [-0.1, -0.05) is 11.8 Å². The number of carbonyl (C=O) groups excluding carboxylic acids is 2. The average Bonchev–Trinajstić information content (AvgIpc) is 3.30. The van der Waals surface area contributed by atoms with Gasteiger partial charge in [0.05, 0.1) is 18.0 Å². The summed E-state index contributed by atoms with van der Waals surface area (Å²) in [6.07, 6.45) is 0.255. The van der Waals surface area contributed by atoms with E-state index in [9.17, 15) is 14.0 Å². The molecule has 1 N–H and O–H groups in total. The zero-order valence-electron chi connectivity index (χ0n) is 13.8. The second-order valence-corrected chi connectivity index (χ2v) is 6.63. The van der Waals surface area contributed by atoms with E-state index in [1.165, 1.54) is 29.4 Å². The van der Waals surface area contributed by atoms with E-state index in [1.54, 1.807) is 6.07 Å². The number of nitrogens with one attached hydrogen (secondary N) is 1. The van der Waals surface area contributed by atoms with E-state index in [-0.39, 0.29) is 36.3 Å². The first-order chi connectivity index (χ1) is 13.1. The van der Waals surface area contributed by atoms with Crippen LogP contribution in [0.4, 0.5) is 14.9 Å². The number of amides is 2. The average molecular weight is 392 g/mol. The van der Waals surface area contributed by atoms with Gasteiger partial charge in [0.15, 0.2) is 6.10 Å². The van der Waals surface area contributed by atoms with Crippen molar-refractivity contribution in [1.29, 1.82) is 0 Å². The number of thioether (sulfide) groups is 1. The first kappa shape index (κ1) is 17.3. The highest BCUT2D eigenvalue weighted by molar-refractivity contribution is 8.15. The van der Waals surface area contributed by atoms with Gasteiger partial charge in [0.25, 0.3) is 11.8 Å². The molecule has 0 aliphatic carbocycles. The third-order valence-electron chi connectivity index (χ3n) is 3.82. The Balaban J connectivity index is 1.44. The third kappa shape index (κ3) is 3.72. The molecule has 2 aliphatic heterocycles. The quantitative estimate of drug-likeness (QED) is 0.826. The predicted molar refractivity (Wildman–Crippen MR) is 93.2 cm³/mol. The zero-order valence-corrected chi connectivity index (χ0v) is 14.6. The van der Waals surface area contributed by atoms with Crippen LogP contribution in [0.2, 0.25) is 0 Å². The Kier molecular flexibility index (Phi) is 4.67. The van der Waals surface area contributed by atoms with Crippen molar-refractivity contribution in [2.24, 2.45) is 5.10 Å². The Hall–Kier alpha value is -3.08. The maximum atomic E-state index is 14.5. The first-order valence-electron chi connectivity index (χ1n) is 7.91. The van der Waals surface area contributed by atoms with Crippen LogP contribution in [0.15, 0.2) is 40.2 Å². The number of carbonyl (C=O) groups is 2. The van der Waals surface area contributed by atoms with Crippen LogP contribution in [0.5, 0.6) is 5.88 Å². The van der Waals surface area contributed by atoms with Crippen LogP contribution >= 0.6 is 11.8 Å². The van der Waals surface area contributed by atoms with E-state index in [4.69, 9.17) is 9.47 Å². The van der Waals surface area contributed by atoms with Gasteiger partial charge < -0.3 is 14.0 Å². The van der Waals surface area contributed by atoms with Crippen molar-refractivity contribution < 1.29 is 28.0 Å². The molecule has 1 atom stereocenters. The molecule has 1 saturated heterocycles. The van der Waals surface area contributed by atoms with Crippen LogP contribution in [0.3, 0.4) is 0 Å². The normalized spacial score (nSPS) is 19.5. The number of hydrogen-bond acceptors (Lipinski definition) is 8.